The van der Waals surface area contributed by atoms with E-state index in [4.69, 9.17) is 10.7 Å². The summed E-state index contributed by atoms with van der Waals surface area (Å²) in [5, 5.41) is 16.8. The lowest BCUT2D eigenvalue weighted by Crippen LogP contribution is -2.17. The Morgan fingerprint density at radius 1 is 1.00 bits per heavy atom. The second-order valence-electron chi connectivity index (χ2n) is 10.6. The topological polar surface area (TPSA) is 145 Å². The van der Waals surface area contributed by atoms with E-state index < -0.39 is 11.9 Å². The van der Waals surface area contributed by atoms with Crippen molar-refractivity contribution in [2.24, 2.45) is 10.7 Å². The van der Waals surface area contributed by atoms with Crippen LogP contribution in [-0.2, 0) is 4.79 Å². The molecule has 11 nitrogen and oxygen atoms in total. The smallest absolute Gasteiger partial charge is 0.261 e. The van der Waals surface area contributed by atoms with Crippen LogP contribution < -0.4 is 11.1 Å². The van der Waals surface area contributed by atoms with E-state index in [-0.39, 0.29) is 12.3 Å². The van der Waals surface area contributed by atoms with Gasteiger partial charge >= 0.3 is 0 Å². The molecule has 44 heavy (non-hydrogen) atoms. The van der Waals surface area contributed by atoms with Crippen LogP contribution in [0.15, 0.2) is 78.2 Å². The van der Waals surface area contributed by atoms with E-state index in [1.165, 1.54) is 11.1 Å². The number of carbonyl (C=O) groups is 2. The lowest BCUT2D eigenvalue weighted by molar-refractivity contribution is -0.118. The van der Waals surface area contributed by atoms with Gasteiger partial charge in [-0.3, -0.25) is 19.1 Å². The molecule has 6 aromatic rings. The quantitative estimate of drug-likeness (QED) is 0.275. The standard InChI is InChI=1S/C32H27N9O2S/c1-17-18(2)44-32-27(17)28(37-25(15-26(33)42)30-39-38-19(3)41(30)32)21-10-8-20(9-11-21)22-6-4-7-23(14-22)36-31(43)24-16-35-40-13-5-12-34-29(24)40/h4-14,16,25H,15H2,1-3H3,(H2,33,42)(H,36,43)/t25-/m0/s1. The number of nitrogens with one attached hydrogen (secondary N) is 1. The fourth-order valence-electron chi connectivity index (χ4n) is 5.50. The minimum atomic E-state index is -0.564. The molecule has 0 unspecified atom stereocenters. The first-order valence-corrected chi connectivity index (χ1v) is 14.8. The first kappa shape index (κ1) is 27.3. The average molecular weight is 602 g/mol. The number of nitrogens with zero attached hydrogens (tertiary/aromatic N) is 7. The Hall–Kier alpha value is -5.49. The van der Waals surface area contributed by atoms with Crippen LogP contribution in [0.3, 0.4) is 0 Å². The van der Waals surface area contributed by atoms with Gasteiger partial charge in [-0.15, -0.1) is 21.5 Å². The third-order valence-electron chi connectivity index (χ3n) is 7.77. The van der Waals surface area contributed by atoms with Crippen LogP contribution in [0.4, 0.5) is 5.69 Å². The van der Waals surface area contributed by atoms with E-state index in [0.717, 1.165) is 44.4 Å². The van der Waals surface area contributed by atoms with E-state index in [2.05, 4.69) is 39.4 Å². The Labute approximate surface area is 256 Å². The molecule has 0 bridgehead atoms. The summed E-state index contributed by atoms with van der Waals surface area (Å²) in [6.07, 6.45) is 4.91. The zero-order valence-electron chi connectivity index (χ0n) is 24.1. The third-order valence-corrected chi connectivity index (χ3v) is 8.96. The SMILES string of the molecule is Cc1sc2c(c1C)C(c1ccc(-c3cccc(NC(=O)c4cnn5cccnc45)c3)cc1)=N[C@@H](CC(N)=O)c1nnc(C)n1-2. The van der Waals surface area contributed by atoms with Gasteiger partial charge in [-0.1, -0.05) is 36.4 Å². The van der Waals surface area contributed by atoms with E-state index in [1.54, 1.807) is 34.3 Å². The molecular formula is C32H27N9O2S. The van der Waals surface area contributed by atoms with Crippen molar-refractivity contribution in [3.05, 3.63) is 112 Å². The lowest BCUT2D eigenvalue weighted by atomic mass is 9.97. The third kappa shape index (κ3) is 4.65. The molecule has 1 aliphatic rings. The molecule has 0 saturated heterocycles. The van der Waals surface area contributed by atoms with Gasteiger partial charge < -0.3 is 11.1 Å². The maximum atomic E-state index is 13.0. The van der Waals surface area contributed by atoms with Gasteiger partial charge in [0.15, 0.2) is 11.5 Å². The van der Waals surface area contributed by atoms with Crippen molar-refractivity contribution in [3.63, 3.8) is 0 Å². The van der Waals surface area contributed by atoms with Crippen LogP contribution in [0.5, 0.6) is 0 Å². The van der Waals surface area contributed by atoms with Gasteiger partial charge in [0.2, 0.25) is 5.91 Å². The number of anilines is 1. The molecule has 1 aliphatic heterocycles. The highest BCUT2D eigenvalue weighted by Crippen LogP contribution is 2.39. The Morgan fingerprint density at radius 3 is 2.59 bits per heavy atom. The van der Waals surface area contributed by atoms with Gasteiger partial charge in [-0.2, -0.15) is 5.10 Å². The highest BCUT2D eigenvalue weighted by molar-refractivity contribution is 7.15. The van der Waals surface area contributed by atoms with E-state index in [0.29, 0.717) is 22.7 Å². The van der Waals surface area contributed by atoms with Crippen molar-refractivity contribution in [2.45, 2.75) is 33.2 Å². The fourth-order valence-corrected chi connectivity index (χ4v) is 6.71. The van der Waals surface area contributed by atoms with Gasteiger partial charge in [0.1, 0.15) is 22.4 Å². The molecule has 0 aliphatic carbocycles. The van der Waals surface area contributed by atoms with Crippen LogP contribution in [0, 0.1) is 20.8 Å². The van der Waals surface area contributed by atoms with Crippen LogP contribution in [0.25, 0.3) is 21.8 Å². The summed E-state index contributed by atoms with van der Waals surface area (Å²) in [5.74, 6) is 0.595. The van der Waals surface area contributed by atoms with Crippen molar-refractivity contribution in [1.29, 1.82) is 0 Å². The summed E-state index contributed by atoms with van der Waals surface area (Å²) in [4.78, 5) is 35.6. The molecule has 0 spiro atoms. The molecule has 7 rings (SSSR count). The van der Waals surface area contributed by atoms with Gasteiger partial charge in [-0.05, 0) is 55.7 Å². The molecule has 1 atom stereocenters. The second kappa shape index (κ2) is 10.7. The first-order valence-electron chi connectivity index (χ1n) is 14.0. The highest BCUT2D eigenvalue weighted by Gasteiger charge is 2.32. The summed E-state index contributed by atoms with van der Waals surface area (Å²) in [6, 6.07) is 17.0. The molecular weight excluding hydrogens is 574 g/mol. The van der Waals surface area contributed by atoms with Gasteiger partial charge in [-0.25, -0.2) is 9.50 Å². The normalized spacial score (nSPS) is 14.1. The van der Waals surface area contributed by atoms with Gasteiger partial charge in [0, 0.05) is 34.1 Å². The predicted molar refractivity (Wildman–Crippen MR) is 168 cm³/mol. The number of aromatic nitrogens is 6. The zero-order chi connectivity index (χ0) is 30.5. The maximum Gasteiger partial charge on any atom is 0.261 e. The maximum absolute atomic E-state index is 13.0. The molecule has 2 aromatic carbocycles. The molecule has 218 valence electrons. The molecule has 3 N–H and O–H groups in total. The van der Waals surface area contributed by atoms with Crippen LogP contribution in [0.1, 0.15) is 56.0 Å². The van der Waals surface area contributed by atoms with Crippen molar-refractivity contribution < 1.29 is 9.59 Å². The Balaban J connectivity index is 1.22. The van der Waals surface area contributed by atoms with Crippen LogP contribution >= 0.6 is 11.3 Å². The number of nitrogens with two attached hydrogens (primary N) is 1. The Bertz CT molecular complexity index is 2120. The van der Waals surface area contributed by atoms with E-state index >= 15 is 0 Å². The van der Waals surface area contributed by atoms with E-state index in [1.807, 2.05) is 60.0 Å². The largest absolute Gasteiger partial charge is 0.370 e. The average Bonchev–Trinajstić information content (AvgIpc) is 3.68. The highest BCUT2D eigenvalue weighted by atomic mass is 32.1. The number of benzene rings is 2. The molecule has 12 heteroatoms. The number of hydrogen-bond donors (Lipinski definition) is 2. The number of aryl methyl sites for hydroxylation is 2. The summed E-state index contributed by atoms with van der Waals surface area (Å²) in [6.45, 7) is 6.08. The monoisotopic (exact) mass is 601 g/mol. The molecule has 0 radical (unpaired) electrons. The zero-order valence-corrected chi connectivity index (χ0v) is 25.0. The van der Waals surface area contributed by atoms with Gasteiger partial charge in [0.05, 0.1) is 18.3 Å². The van der Waals surface area contributed by atoms with Crippen LogP contribution in [-0.4, -0.2) is 46.9 Å². The lowest BCUT2D eigenvalue weighted by Gasteiger charge is -2.12. The van der Waals surface area contributed by atoms with Crippen LogP contribution in [0.2, 0.25) is 0 Å². The summed E-state index contributed by atoms with van der Waals surface area (Å²) < 4.78 is 3.57. The Kier molecular flexibility index (Phi) is 6.62. The molecule has 5 heterocycles. The first-order chi connectivity index (χ1) is 21.3. The number of aliphatic imine (C=N–C) groups is 1. The molecule has 0 fully saturated rings. The number of thiophene rings is 1. The summed E-state index contributed by atoms with van der Waals surface area (Å²) in [5.41, 5.74) is 12.9. The molecule has 2 amide bonds. The number of amides is 2. The number of rotatable bonds is 6. The fraction of sp³-hybridized carbons (Fsp3) is 0.156. The summed E-state index contributed by atoms with van der Waals surface area (Å²) >= 11 is 1.66. The number of primary amides is 1. The molecule has 0 saturated carbocycles. The van der Waals surface area contributed by atoms with Crippen molar-refractivity contribution in [3.8, 4) is 16.1 Å². The van der Waals surface area contributed by atoms with Gasteiger partial charge in [0.25, 0.3) is 5.91 Å². The summed E-state index contributed by atoms with van der Waals surface area (Å²) in [7, 11) is 0. The Morgan fingerprint density at radius 2 is 1.80 bits per heavy atom. The minimum Gasteiger partial charge on any atom is -0.370 e. The van der Waals surface area contributed by atoms with Crippen molar-refractivity contribution >= 4 is 40.2 Å². The minimum absolute atomic E-state index is 0.0243. The van der Waals surface area contributed by atoms with Crippen molar-refractivity contribution in [1.82, 2.24) is 29.4 Å². The predicted octanol–water partition coefficient (Wildman–Crippen LogP) is 4.98. The number of fused-ring (bicyclic) bond motifs is 4. The van der Waals surface area contributed by atoms with Crippen molar-refractivity contribution in [2.75, 3.05) is 5.32 Å². The molecule has 4 aromatic heterocycles. The van der Waals surface area contributed by atoms with E-state index in [9.17, 15) is 9.59 Å². The number of carbonyl (C=O) groups excluding carboxylic acids is 2. The number of hydrogen-bond acceptors (Lipinski definition) is 8. The second-order valence-corrected chi connectivity index (χ2v) is 11.8.